The molecule has 0 aliphatic carbocycles. The van der Waals surface area contributed by atoms with Gasteiger partial charge in [-0.25, -0.2) is 4.39 Å². The van der Waals surface area contributed by atoms with E-state index >= 15 is 0 Å². The van der Waals surface area contributed by atoms with Crippen molar-refractivity contribution >= 4 is 21.4 Å². The first-order valence-electron chi connectivity index (χ1n) is 6.58. The van der Waals surface area contributed by atoms with Crippen molar-refractivity contribution in [2.45, 2.75) is 12.5 Å². The first kappa shape index (κ1) is 14.0. The van der Waals surface area contributed by atoms with Crippen LogP contribution in [0.4, 0.5) is 4.39 Å². The van der Waals surface area contributed by atoms with E-state index in [4.69, 9.17) is 4.74 Å². The zero-order valence-corrected chi connectivity index (χ0v) is 12.6. The van der Waals surface area contributed by atoms with Crippen LogP contribution < -0.4 is 4.74 Å². The zero-order chi connectivity index (χ0) is 15.0. The van der Waals surface area contributed by atoms with Gasteiger partial charge < -0.3 is 9.84 Å². The van der Waals surface area contributed by atoms with Gasteiger partial charge in [-0.2, -0.15) is 0 Å². The summed E-state index contributed by atoms with van der Waals surface area (Å²) in [5.74, 6) is -0.392. The largest absolute Gasteiger partial charge is 0.494 e. The number of thiophene rings is 1. The number of rotatable bonds is 3. The second kappa shape index (κ2) is 5.13. The molecule has 2 aromatic carbocycles. The lowest BCUT2D eigenvalue weighted by Gasteiger charge is -2.23. The second-order valence-electron chi connectivity index (χ2n) is 5.04. The normalized spacial score (nSPS) is 14.1. The number of ether oxygens (including phenoxy) is 1. The average Bonchev–Trinajstić information content (AvgIpc) is 2.92. The van der Waals surface area contributed by atoms with Crippen LogP contribution in [0.25, 0.3) is 10.1 Å². The van der Waals surface area contributed by atoms with E-state index in [1.807, 2.05) is 30.3 Å². The molecule has 3 aromatic rings. The number of methoxy groups -OCH3 is 1. The molecule has 0 aliphatic heterocycles. The Balaban J connectivity index is 2.15. The van der Waals surface area contributed by atoms with Crippen LogP contribution in [0, 0.1) is 5.82 Å². The van der Waals surface area contributed by atoms with Crippen LogP contribution in [-0.2, 0) is 5.60 Å². The second-order valence-corrected chi connectivity index (χ2v) is 6.13. The van der Waals surface area contributed by atoms with Gasteiger partial charge in [0.25, 0.3) is 0 Å². The molecular formula is C17H15FO2S. The Morgan fingerprint density at radius 3 is 2.62 bits per heavy atom. The predicted molar refractivity (Wildman–Crippen MR) is 83.4 cm³/mol. The lowest BCUT2D eigenvalue weighted by molar-refractivity contribution is 0.101. The molecule has 0 fully saturated rings. The van der Waals surface area contributed by atoms with Crippen molar-refractivity contribution in [2.75, 3.05) is 7.11 Å². The molecule has 1 atom stereocenters. The molecule has 0 bridgehead atoms. The van der Waals surface area contributed by atoms with E-state index in [1.54, 1.807) is 25.1 Å². The smallest absolute Gasteiger partial charge is 0.171 e. The highest BCUT2D eigenvalue weighted by molar-refractivity contribution is 7.19. The number of aliphatic hydroxyl groups is 1. The Bertz CT molecular complexity index is 759. The summed E-state index contributed by atoms with van der Waals surface area (Å²) < 4.78 is 20.5. The Kier molecular flexibility index (Phi) is 3.43. The van der Waals surface area contributed by atoms with Gasteiger partial charge in [-0.3, -0.25) is 0 Å². The summed E-state index contributed by atoms with van der Waals surface area (Å²) in [4.78, 5) is 0.704. The van der Waals surface area contributed by atoms with Crippen molar-refractivity contribution in [2.24, 2.45) is 0 Å². The van der Waals surface area contributed by atoms with Gasteiger partial charge >= 0.3 is 0 Å². The van der Waals surface area contributed by atoms with Gasteiger partial charge in [0.2, 0.25) is 0 Å². The van der Waals surface area contributed by atoms with Crippen LogP contribution in [0.15, 0.2) is 48.5 Å². The molecule has 108 valence electrons. The van der Waals surface area contributed by atoms with Gasteiger partial charge in [0, 0.05) is 15.1 Å². The van der Waals surface area contributed by atoms with Gasteiger partial charge in [-0.1, -0.05) is 30.3 Å². The molecule has 0 saturated heterocycles. The monoisotopic (exact) mass is 302 g/mol. The van der Waals surface area contributed by atoms with Crippen molar-refractivity contribution in [3.63, 3.8) is 0 Å². The van der Waals surface area contributed by atoms with Crippen LogP contribution in [-0.4, -0.2) is 12.2 Å². The predicted octanol–water partition coefficient (Wildman–Crippen LogP) is 4.30. The summed E-state index contributed by atoms with van der Waals surface area (Å²) in [5.41, 5.74) is -1.18. The molecule has 0 saturated carbocycles. The Morgan fingerprint density at radius 1 is 1.14 bits per heavy atom. The van der Waals surface area contributed by atoms with Gasteiger partial charge in [0.15, 0.2) is 11.6 Å². The van der Waals surface area contributed by atoms with E-state index in [0.29, 0.717) is 4.88 Å². The molecule has 4 heteroatoms. The Labute approximate surface area is 126 Å². The van der Waals surface area contributed by atoms with E-state index in [9.17, 15) is 9.50 Å². The minimum Gasteiger partial charge on any atom is -0.494 e. The third-order valence-electron chi connectivity index (χ3n) is 3.61. The first-order valence-corrected chi connectivity index (χ1v) is 7.40. The van der Waals surface area contributed by atoms with Crippen LogP contribution in [0.5, 0.6) is 5.75 Å². The Morgan fingerprint density at radius 2 is 1.90 bits per heavy atom. The van der Waals surface area contributed by atoms with Crippen molar-refractivity contribution < 1.29 is 14.2 Å². The zero-order valence-electron chi connectivity index (χ0n) is 11.8. The summed E-state index contributed by atoms with van der Waals surface area (Å²) in [6.45, 7) is 1.61. The van der Waals surface area contributed by atoms with Crippen LogP contribution in [0.3, 0.4) is 0 Å². The maximum absolute atomic E-state index is 14.4. The minimum absolute atomic E-state index is 0.133. The highest BCUT2D eigenvalue weighted by Crippen LogP contribution is 2.39. The van der Waals surface area contributed by atoms with Crippen LogP contribution in [0.2, 0.25) is 0 Å². The van der Waals surface area contributed by atoms with Gasteiger partial charge in [-0.05, 0) is 30.5 Å². The molecule has 1 unspecified atom stereocenters. The average molecular weight is 302 g/mol. The Hall–Kier alpha value is -1.91. The summed E-state index contributed by atoms with van der Waals surface area (Å²) in [6.07, 6.45) is 0. The van der Waals surface area contributed by atoms with Crippen molar-refractivity contribution in [1.82, 2.24) is 0 Å². The summed E-state index contributed by atoms with van der Waals surface area (Å²) >= 11 is 1.46. The number of halogens is 1. The van der Waals surface area contributed by atoms with Crippen LogP contribution in [0.1, 0.15) is 17.4 Å². The molecule has 0 spiro atoms. The number of hydrogen-bond donors (Lipinski definition) is 1. The lowest BCUT2D eigenvalue weighted by Crippen LogP contribution is -2.23. The highest BCUT2D eigenvalue weighted by Gasteiger charge is 2.31. The topological polar surface area (TPSA) is 29.5 Å². The van der Waals surface area contributed by atoms with E-state index in [0.717, 1.165) is 10.1 Å². The van der Waals surface area contributed by atoms with Crippen molar-refractivity contribution in [1.29, 1.82) is 0 Å². The third kappa shape index (κ3) is 2.30. The third-order valence-corrected chi connectivity index (χ3v) is 4.94. The molecular weight excluding hydrogens is 287 g/mol. The first-order chi connectivity index (χ1) is 10.0. The number of hydrogen-bond acceptors (Lipinski definition) is 3. The van der Waals surface area contributed by atoms with E-state index in [2.05, 4.69) is 0 Å². The molecule has 21 heavy (non-hydrogen) atoms. The van der Waals surface area contributed by atoms with E-state index < -0.39 is 11.4 Å². The fourth-order valence-electron chi connectivity index (χ4n) is 2.40. The molecule has 2 nitrogen and oxygen atoms in total. The molecule has 1 N–H and O–H groups in total. The molecule has 0 aliphatic rings. The van der Waals surface area contributed by atoms with Gasteiger partial charge in [0.1, 0.15) is 5.60 Å². The van der Waals surface area contributed by atoms with Gasteiger partial charge in [-0.15, -0.1) is 11.3 Å². The van der Waals surface area contributed by atoms with E-state index in [1.165, 1.54) is 18.4 Å². The van der Waals surface area contributed by atoms with Crippen molar-refractivity contribution in [3.8, 4) is 5.75 Å². The molecule has 1 heterocycles. The molecule has 1 aromatic heterocycles. The maximum Gasteiger partial charge on any atom is 0.171 e. The minimum atomic E-state index is -1.40. The highest BCUT2D eigenvalue weighted by atomic mass is 32.1. The van der Waals surface area contributed by atoms with Crippen LogP contribution >= 0.6 is 11.3 Å². The SMILES string of the molecule is COc1cccc(C(C)(O)c2cc3ccccc3s2)c1F. The molecule has 0 radical (unpaired) electrons. The standard InChI is InChI=1S/C17H15FO2S/c1-17(19,12-7-5-8-13(20-2)16(12)18)15-10-11-6-3-4-9-14(11)21-15/h3-10,19H,1-2H3. The number of fused-ring (bicyclic) bond motifs is 1. The maximum atomic E-state index is 14.4. The summed E-state index contributed by atoms with van der Waals surface area (Å²) in [7, 11) is 1.41. The molecule has 3 rings (SSSR count). The van der Waals surface area contributed by atoms with Crippen molar-refractivity contribution in [3.05, 3.63) is 64.8 Å². The lowest BCUT2D eigenvalue weighted by atomic mass is 9.93. The number of benzene rings is 2. The summed E-state index contributed by atoms with van der Waals surface area (Å²) in [6, 6.07) is 14.6. The van der Waals surface area contributed by atoms with E-state index in [-0.39, 0.29) is 11.3 Å². The van der Waals surface area contributed by atoms with Gasteiger partial charge in [0.05, 0.1) is 7.11 Å². The fourth-order valence-corrected chi connectivity index (χ4v) is 3.52. The fraction of sp³-hybridized carbons (Fsp3) is 0.176. The summed E-state index contributed by atoms with van der Waals surface area (Å²) in [5, 5.41) is 11.9. The quantitative estimate of drug-likeness (QED) is 0.781. The molecule has 0 amide bonds.